The summed E-state index contributed by atoms with van der Waals surface area (Å²) >= 11 is 5.59. The molecule has 0 amide bonds. The monoisotopic (exact) mass is 279 g/mol. The van der Waals surface area contributed by atoms with E-state index in [1.54, 1.807) is 6.92 Å². The van der Waals surface area contributed by atoms with Crippen molar-refractivity contribution in [2.45, 2.75) is 12.7 Å². The molecule has 2 N–H and O–H groups in total. The molecule has 1 rings (SSSR count). The lowest BCUT2D eigenvalue weighted by Gasteiger charge is -2.10. The number of hydrogen-bond acceptors (Lipinski definition) is 3. The first-order valence-electron chi connectivity index (χ1n) is 5.18. The van der Waals surface area contributed by atoms with Crippen molar-refractivity contribution in [1.82, 2.24) is 0 Å². The van der Waals surface area contributed by atoms with Crippen LogP contribution in [0.3, 0.4) is 0 Å². The average Bonchev–Trinajstić information content (AvgIpc) is 2.21. The summed E-state index contributed by atoms with van der Waals surface area (Å²) in [6.07, 6.45) is 0. The fourth-order valence-corrected chi connectivity index (χ4v) is 3.42. The molecule has 0 saturated carbocycles. The number of sulfone groups is 1. The normalized spacial score (nSPS) is 13.6. The maximum absolute atomic E-state index is 13.4. The van der Waals surface area contributed by atoms with Crippen LogP contribution < -0.4 is 5.73 Å². The Bertz CT molecular complexity index is 490. The summed E-state index contributed by atoms with van der Waals surface area (Å²) in [5.74, 6) is -1.08. The van der Waals surface area contributed by atoms with Crippen LogP contribution in [0.25, 0.3) is 0 Å². The van der Waals surface area contributed by atoms with Crippen molar-refractivity contribution in [1.29, 1.82) is 0 Å². The third-order valence-electron chi connectivity index (χ3n) is 2.33. The van der Waals surface area contributed by atoms with E-state index in [9.17, 15) is 12.8 Å². The van der Waals surface area contributed by atoms with Gasteiger partial charge in [-0.1, -0.05) is 24.6 Å². The first-order chi connectivity index (χ1) is 7.84. The van der Waals surface area contributed by atoms with E-state index < -0.39 is 15.7 Å². The smallest absolute Gasteiger partial charge is 0.154 e. The summed E-state index contributed by atoms with van der Waals surface area (Å²) in [4.78, 5) is 0. The highest BCUT2D eigenvalue weighted by Gasteiger charge is 2.17. The SMILES string of the molecule is CC(CN)CS(=O)(=O)Cc1ccc(Cl)cc1F. The molecule has 0 aromatic heterocycles. The Balaban J connectivity index is 2.83. The van der Waals surface area contributed by atoms with Gasteiger partial charge in [0.1, 0.15) is 5.82 Å². The van der Waals surface area contributed by atoms with Crippen LogP contribution in [0, 0.1) is 11.7 Å². The van der Waals surface area contributed by atoms with Crippen LogP contribution in [0.15, 0.2) is 18.2 Å². The molecule has 1 aromatic rings. The number of halogens is 2. The standard InChI is InChI=1S/C11H15ClFNO2S/c1-8(5-14)6-17(15,16)7-9-2-3-10(12)4-11(9)13/h2-4,8H,5-7,14H2,1H3. The molecule has 1 atom stereocenters. The number of benzene rings is 1. The van der Waals surface area contributed by atoms with Gasteiger partial charge in [-0.3, -0.25) is 0 Å². The molecule has 6 heteroatoms. The van der Waals surface area contributed by atoms with Crippen LogP contribution in [0.1, 0.15) is 12.5 Å². The molecule has 96 valence electrons. The number of hydrogen-bond donors (Lipinski definition) is 1. The zero-order valence-electron chi connectivity index (χ0n) is 9.49. The molecule has 0 radical (unpaired) electrons. The van der Waals surface area contributed by atoms with Gasteiger partial charge in [-0.05, 0) is 24.6 Å². The Labute approximate surface area is 106 Å². The van der Waals surface area contributed by atoms with E-state index in [1.807, 2.05) is 0 Å². The van der Waals surface area contributed by atoms with Gasteiger partial charge in [-0.2, -0.15) is 0 Å². The highest BCUT2D eigenvalue weighted by molar-refractivity contribution is 7.90. The van der Waals surface area contributed by atoms with Gasteiger partial charge in [0, 0.05) is 10.6 Å². The van der Waals surface area contributed by atoms with E-state index in [4.69, 9.17) is 17.3 Å². The molecule has 0 aliphatic rings. The van der Waals surface area contributed by atoms with Gasteiger partial charge < -0.3 is 5.73 Å². The van der Waals surface area contributed by atoms with Gasteiger partial charge in [-0.15, -0.1) is 0 Å². The second-order valence-electron chi connectivity index (χ2n) is 4.13. The van der Waals surface area contributed by atoms with Gasteiger partial charge in [0.05, 0.1) is 11.5 Å². The summed E-state index contributed by atoms with van der Waals surface area (Å²) in [5, 5.41) is 0.249. The van der Waals surface area contributed by atoms with Crippen molar-refractivity contribution in [3.8, 4) is 0 Å². The molecular formula is C11H15ClFNO2S. The van der Waals surface area contributed by atoms with Gasteiger partial charge >= 0.3 is 0 Å². The van der Waals surface area contributed by atoms with Crippen molar-refractivity contribution < 1.29 is 12.8 Å². The Hall–Kier alpha value is -0.650. The van der Waals surface area contributed by atoms with Crippen LogP contribution in [0.4, 0.5) is 4.39 Å². The quantitative estimate of drug-likeness (QED) is 0.897. The minimum atomic E-state index is -3.34. The summed E-state index contributed by atoms with van der Waals surface area (Å²) < 4.78 is 36.9. The van der Waals surface area contributed by atoms with Crippen LogP contribution in [0.2, 0.25) is 5.02 Å². The van der Waals surface area contributed by atoms with E-state index in [2.05, 4.69) is 0 Å². The molecule has 0 aliphatic carbocycles. The molecule has 3 nitrogen and oxygen atoms in total. The molecule has 0 saturated heterocycles. The zero-order valence-corrected chi connectivity index (χ0v) is 11.1. The fourth-order valence-electron chi connectivity index (χ4n) is 1.44. The largest absolute Gasteiger partial charge is 0.330 e. The minimum Gasteiger partial charge on any atom is -0.330 e. The first kappa shape index (κ1) is 14.4. The van der Waals surface area contributed by atoms with E-state index in [-0.39, 0.29) is 28.0 Å². The van der Waals surface area contributed by atoms with E-state index in [0.29, 0.717) is 6.54 Å². The summed E-state index contributed by atoms with van der Waals surface area (Å²) in [7, 11) is -3.34. The zero-order chi connectivity index (χ0) is 13.1. The molecule has 0 fully saturated rings. The first-order valence-corrected chi connectivity index (χ1v) is 7.38. The third kappa shape index (κ3) is 4.61. The predicted molar refractivity (Wildman–Crippen MR) is 67.1 cm³/mol. The maximum atomic E-state index is 13.4. The van der Waals surface area contributed by atoms with Crippen molar-refractivity contribution in [3.63, 3.8) is 0 Å². The second kappa shape index (κ2) is 5.80. The Morgan fingerprint density at radius 3 is 2.65 bits per heavy atom. The molecule has 1 aromatic carbocycles. The highest BCUT2D eigenvalue weighted by atomic mass is 35.5. The summed E-state index contributed by atoms with van der Waals surface area (Å²) in [6.45, 7) is 2.04. The number of rotatable bonds is 5. The lowest BCUT2D eigenvalue weighted by molar-refractivity contribution is 0.568. The van der Waals surface area contributed by atoms with E-state index in [0.717, 1.165) is 6.07 Å². The van der Waals surface area contributed by atoms with Gasteiger partial charge in [0.2, 0.25) is 0 Å². The van der Waals surface area contributed by atoms with E-state index >= 15 is 0 Å². The van der Waals surface area contributed by atoms with Crippen LogP contribution in [0.5, 0.6) is 0 Å². The molecule has 1 unspecified atom stereocenters. The Kier molecular flexibility index (Phi) is 4.91. The lowest BCUT2D eigenvalue weighted by atomic mass is 10.2. The minimum absolute atomic E-state index is 0.0361. The van der Waals surface area contributed by atoms with Crippen LogP contribution in [-0.2, 0) is 15.6 Å². The molecule has 0 heterocycles. The van der Waals surface area contributed by atoms with Crippen molar-refractivity contribution in [2.24, 2.45) is 11.7 Å². The lowest BCUT2D eigenvalue weighted by Crippen LogP contribution is -2.22. The Morgan fingerprint density at radius 2 is 2.12 bits per heavy atom. The summed E-state index contributed by atoms with van der Waals surface area (Å²) in [5.41, 5.74) is 5.50. The average molecular weight is 280 g/mol. The molecule has 0 aliphatic heterocycles. The van der Waals surface area contributed by atoms with Crippen molar-refractivity contribution in [2.75, 3.05) is 12.3 Å². The van der Waals surface area contributed by atoms with Crippen LogP contribution in [-0.4, -0.2) is 20.7 Å². The van der Waals surface area contributed by atoms with Gasteiger partial charge in [0.15, 0.2) is 9.84 Å². The fraction of sp³-hybridized carbons (Fsp3) is 0.455. The molecular weight excluding hydrogens is 265 g/mol. The van der Waals surface area contributed by atoms with Crippen molar-refractivity contribution >= 4 is 21.4 Å². The highest BCUT2D eigenvalue weighted by Crippen LogP contribution is 2.17. The molecule has 0 bridgehead atoms. The van der Waals surface area contributed by atoms with Crippen LogP contribution >= 0.6 is 11.6 Å². The third-order valence-corrected chi connectivity index (χ3v) is 4.39. The maximum Gasteiger partial charge on any atom is 0.154 e. The molecule has 0 spiro atoms. The topological polar surface area (TPSA) is 60.2 Å². The van der Waals surface area contributed by atoms with E-state index in [1.165, 1.54) is 12.1 Å². The van der Waals surface area contributed by atoms with Crippen molar-refractivity contribution in [3.05, 3.63) is 34.6 Å². The Morgan fingerprint density at radius 1 is 1.47 bits per heavy atom. The summed E-state index contributed by atoms with van der Waals surface area (Å²) in [6, 6.07) is 3.98. The number of nitrogens with two attached hydrogens (primary N) is 1. The second-order valence-corrected chi connectivity index (χ2v) is 6.68. The van der Waals surface area contributed by atoms with Gasteiger partial charge in [0.25, 0.3) is 0 Å². The predicted octanol–water partition coefficient (Wildman–Crippen LogP) is 1.99. The van der Waals surface area contributed by atoms with Gasteiger partial charge in [-0.25, -0.2) is 12.8 Å². The molecule has 17 heavy (non-hydrogen) atoms.